The van der Waals surface area contributed by atoms with Crippen LogP contribution in [0, 0.1) is 0 Å². The summed E-state index contributed by atoms with van der Waals surface area (Å²) in [5.74, 6) is 0.364. The number of phenols is 1. The normalized spacial score (nSPS) is 12.7. The van der Waals surface area contributed by atoms with Gasteiger partial charge in [-0.15, -0.1) is 0 Å². The van der Waals surface area contributed by atoms with Crippen molar-refractivity contribution in [3.63, 3.8) is 0 Å². The zero-order valence-electron chi connectivity index (χ0n) is 9.45. The van der Waals surface area contributed by atoms with E-state index in [1.54, 1.807) is 6.07 Å². The molecule has 0 fully saturated rings. The van der Waals surface area contributed by atoms with E-state index in [1.807, 2.05) is 18.2 Å². The van der Waals surface area contributed by atoms with Gasteiger partial charge in [0.25, 0.3) is 0 Å². The van der Waals surface area contributed by atoms with Gasteiger partial charge in [0.2, 0.25) is 0 Å². The van der Waals surface area contributed by atoms with Crippen LogP contribution in [0.15, 0.2) is 24.3 Å². The monoisotopic (exact) mass is 207 g/mol. The molecule has 1 aromatic rings. The molecule has 1 aromatic carbocycles. The lowest BCUT2D eigenvalue weighted by molar-refractivity contribution is 0.461. The highest BCUT2D eigenvalue weighted by Crippen LogP contribution is 2.18. The Balaban J connectivity index is 2.37. The number of phenolic OH excluding ortho intramolecular Hbond substituents is 1. The summed E-state index contributed by atoms with van der Waals surface area (Å²) in [6, 6.07) is 7.60. The molecule has 0 saturated heterocycles. The second-order valence-corrected chi connectivity index (χ2v) is 4.09. The Hall–Kier alpha value is -1.02. The Bertz CT molecular complexity index is 286. The van der Waals surface area contributed by atoms with E-state index in [2.05, 4.69) is 6.92 Å². The van der Waals surface area contributed by atoms with Crippen LogP contribution in [-0.4, -0.2) is 11.1 Å². The first-order valence-electron chi connectivity index (χ1n) is 5.76. The SMILES string of the molecule is CCCCCC(N)Cc1ccccc1O. The first-order valence-corrected chi connectivity index (χ1v) is 5.76. The summed E-state index contributed by atoms with van der Waals surface area (Å²) in [5.41, 5.74) is 6.96. The highest BCUT2D eigenvalue weighted by Gasteiger charge is 2.06. The first-order chi connectivity index (χ1) is 7.24. The smallest absolute Gasteiger partial charge is 0.118 e. The van der Waals surface area contributed by atoms with Gasteiger partial charge in [-0.1, -0.05) is 44.4 Å². The number of rotatable bonds is 6. The van der Waals surface area contributed by atoms with Crippen molar-refractivity contribution in [2.75, 3.05) is 0 Å². The van der Waals surface area contributed by atoms with Crippen molar-refractivity contribution >= 4 is 0 Å². The second-order valence-electron chi connectivity index (χ2n) is 4.09. The van der Waals surface area contributed by atoms with Gasteiger partial charge in [0.15, 0.2) is 0 Å². The largest absolute Gasteiger partial charge is 0.508 e. The molecule has 0 amide bonds. The summed E-state index contributed by atoms with van der Waals surface area (Å²) in [4.78, 5) is 0. The van der Waals surface area contributed by atoms with Crippen molar-refractivity contribution in [3.8, 4) is 5.75 Å². The highest BCUT2D eigenvalue weighted by molar-refractivity contribution is 5.32. The summed E-state index contributed by atoms with van der Waals surface area (Å²) < 4.78 is 0. The molecule has 0 saturated carbocycles. The van der Waals surface area contributed by atoms with Crippen molar-refractivity contribution in [1.29, 1.82) is 0 Å². The van der Waals surface area contributed by atoms with Crippen LogP contribution in [0.5, 0.6) is 5.75 Å². The Morgan fingerprint density at radius 1 is 1.27 bits per heavy atom. The predicted octanol–water partition coefficient (Wildman–Crippen LogP) is 2.84. The van der Waals surface area contributed by atoms with Crippen LogP contribution in [0.4, 0.5) is 0 Å². The molecule has 84 valence electrons. The van der Waals surface area contributed by atoms with Gasteiger partial charge < -0.3 is 10.8 Å². The minimum atomic E-state index is 0.171. The fourth-order valence-electron chi connectivity index (χ4n) is 1.72. The molecule has 0 aromatic heterocycles. The number of hydrogen-bond acceptors (Lipinski definition) is 2. The Morgan fingerprint density at radius 2 is 2.00 bits per heavy atom. The van der Waals surface area contributed by atoms with Gasteiger partial charge >= 0.3 is 0 Å². The fourth-order valence-corrected chi connectivity index (χ4v) is 1.72. The highest BCUT2D eigenvalue weighted by atomic mass is 16.3. The van der Waals surface area contributed by atoms with Crippen LogP contribution in [0.2, 0.25) is 0 Å². The van der Waals surface area contributed by atoms with Crippen LogP contribution < -0.4 is 5.73 Å². The van der Waals surface area contributed by atoms with Crippen molar-refractivity contribution in [2.45, 2.75) is 45.1 Å². The van der Waals surface area contributed by atoms with Crippen molar-refractivity contribution in [3.05, 3.63) is 29.8 Å². The number of aromatic hydroxyl groups is 1. The third-order valence-corrected chi connectivity index (χ3v) is 2.65. The molecule has 0 aliphatic rings. The molecule has 0 aliphatic heterocycles. The van der Waals surface area contributed by atoms with E-state index in [4.69, 9.17) is 5.73 Å². The van der Waals surface area contributed by atoms with Gasteiger partial charge in [-0.3, -0.25) is 0 Å². The number of benzene rings is 1. The molecule has 2 heteroatoms. The minimum absolute atomic E-state index is 0.171. The lowest BCUT2D eigenvalue weighted by Crippen LogP contribution is -2.22. The molecule has 2 nitrogen and oxygen atoms in total. The van der Waals surface area contributed by atoms with Crippen LogP contribution in [0.1, 0.15) is 38.2 Å². The molecular weight excluding hydrogens is 186 g/mol. The molecule has 1 unspecified atom stereocenters. The van der Waals surface area contributed by atoms with Crippen LogP contribution in [0.3, 0.4) is 0 Å². The summed E-state index contributed by atoms with van der Waals surface area (Å²) in [7, 11) is 0. The quantitative estimate of drug-likeness (QED) is 0.705. The third-order valence-electron chi connectivity index (χ3n) is 2.65. The molecule has 0 heterocycles. The molecule has 3 N–H and O–H groups in total. The average Bonchev–Trinajstić information content (AvgIpc) is 2.22. The van der Waals surface area contributed by atoms with Gasteiger partial charge in [0.05, 0.1) is 0 Å². The second kappa shape index (κ2) is 6.46. The summed E-state index contributed by atoms with van der Waals surface area (Å²) in [5, 5.41) is 9.58. The number of para-hydroxylation sites is 1. The van der Waals surface area contributed by atoms with E-state index in [9.17, 15) is 5.11 Å². The van der Waals surface area contributed by atoms with E-state index >= 15 is 0 Å². The van der Waals surface area contributed by atoms with Crippen molar-refractivity contribution in [2.24, 2.45) is 5.73 Å². The molecule has 0 spiro atoms. The van der Waals surface area contributed by atoms with Crippen LogP contribution >= 0.6 is 0 Å². The van der Waals surface area contributed by atoms with Crippen molar-refractivity contribution in [1.82, 2.24) is 0 Å². The Labute approximate surface area is 92.1 Å². The van der Waals surface area contributed by atoms with Gasteiger partial charge in [-0.05, 0) is 24.5 Å². The molecule has 0 aliphatic carbocycles. The molecule has 0 radical (unpaired) electrons. The van der Waals surface area contributed by atoms with Gasteiger partial charge in [0.1, 0.15) is 5.75 Å². The summed E-state index contributed by atoms with van der Waals surface area (Å²) >= 11 is 0. The lowest BCUT2D eigenvalue weighted by atomic mass is 10.0. The number of hydrogen-bond donors (Lipinski definition) is 2. The molecule has 0 bridgehead atoms. The third kappa shape index (κ3) is 4.34. The van der Waals surface area contributed by atoms with Gasteiger partial charge in [0, 0.05) is 6.04 Å². The van der Waals surface area contributed by atoms with E-state index in [0.29, 0.717) is 5.75 Å². The van der Waals surface area contributed by atoms with Crippen molar-refractivity contribution < 1.29 is 5.11 Å². The average molecular weight is 207 g/mol. The fraction of sp³-hybridized carbons (Fsp3) is 0.538. The predicted molar refractivity (Wildman–Crippen MR) is 63.9 cm³/mol. The zero-order valence-corrected chi connectivity index (χ0v) is 9.45. The van der Waals surface area contributed by atoms with Gasteiger partial charge in [-0.25, -0.2) is 0 Å². The topological polar surface area (TPSA) is 46.2 Å². The zero-order chi connectivity index (χ0) is 11.1. The van der Waals surface area contributed by atoms with E-state index in [1.165, 1.54) is 19.3 Å². The van der Waals surface area contributed by atoms with E-state index < -0.39 is 0 Å². The van der Waals surface area contributed by atoms with Gasteiger partial charge in [-0.2, -0.15) is 0 Å². The summed E-state index contributed by atoms with van der Waals surface area (Å²) in [6.07, 6.45) is 5.47. The number of unbranched alkanes of at least 4 members (excludes halogenated alkanes) is 2. The molecule has 15 heavy (non-hydrogen) atoms. The maximum Gasteiger partial charge on any atom is 0.118 e. The summed E-state index contributed by atoms with van der Waals surface area (Å²) in [6.45, 7) is 2.19. The van der Waals surface area contributed by atoms with E-state index in [-0.39, 0.29) is 6.04 Å². The number of nitrogens with two attached hydrogens (primary N) is 1. The Morgan fingerprint density at radius 3 is 2.67 bits per heavy atom. The lowest BCUT2D eigenvalue weighted by Gasteiger charge is -2.12. The molecular formula is C13H21NO. The molecule has 1 rings (SSSR count). The minimum Gasteiger partial charge on any atom is -0.508 e. The standard InChI is InChI=1S/C13H21NO/c1-2-3-4-8-12(14)10-11-7-5-6-9-13(11)15/h5-7,9,12,15H,2-4,8,10,14H2,1H3. The van der Waals surface area contributed by atoms with E-state index in [0.717, 1.165) is 18.4 Å². The maximum absolute atomic E-state index is 9.58. The maximum atomic E-state index is 9.58. The Kier molecular flexibility index (Phi) is 5.19. The van der Waals surface area contributed by atoms with Crippen LogP contribution in [0.25, 0.3) is 0 Å². The molecule has 1 atom stereocenters. The van der Waals surface area contributed by atoms with Crippen LogP contribution in [-0.2, 0) is 6.42 Å². The first kappa shape index (κ1) is 12.1.